The smallest absolute Gasteiger partial charge is 0.124 e. The third kappa shape index (κ3) is 3.14. The van der Waals surface area contributed by atoms with Crippen LogP contribution < -0.4 is 10.1 Å². The van der Waals surface area contributed by atoms with Crippen molar-refractivity contribution in [2.45, 2.75) is 19.9 Å². The molecule has 2 nitrogen and oxygen atoms in total. The lowest BCUT2D eigenvalue weighted by molar-refractivity contribution is 0.404. The molecule has 0 aliphatic carbocycles. The number of hydrogen-bond acceptors (Lipinski definition) is 2. The Bertz CT molecular complexity index is 583. The highest BCUT2D eigenvalue weighted by Crippen LogP contribution is 2.34. The van der Waals surface area contributed by atoms with Crippen LogP contribution in [0.25, 0.3) is 0 Å². The zero-order chi connectivity index (χ0) is 14.5. The summed E-state index contributed by atoms with van der Waals surface area (Å²) < 4.78 is 5.51. The first kappa shape index (κ1) is 14.9. The maximum atomic E-state index is 6.36. The second kappa shape index (κ2) is 6.78. The van der Waals surface area contributed by atoms with E-state index >= 15 is 0 Å². The lowest BCUT2D eigenvalue weighted by atomic mass is 9.96. The van der Waals surface area contributed by atoms with E-state index in [-0.39, 0.29) is 6.04 Å². The van der Waals surface area contributed by atoms with Crippen molar-refractivity contribution in [2.75, 3.05) is 13.7 Å². The predicted octanol–water partition coefficient (Wildman–Crippen LogP) is 4.36. The van der Waals surface area contributed by atoms with Crippen LogP contribution in [0.1, 0.15) is 29.7 Å². The lowest BCUT2D eigenvalue weighted by Gasteiger charge is -2.22. The van der Waals surface area contributed by atoms with E-state index in [9.17, 15) is 0 Å². The highest BCUT2D eigenvalue weighted by molar-refractivity contribution is 6.31. The topological polar surface area (TPSA) is 21.3 Å². The van der Waals surface area contributed by atoms with Crippen molar-refractivity contribution < 1.29 is 4.74 Å². The molecule has 2 aromatic rings. The van der Waals surface area contributed by atoms with Crippen molar-refractivity contribution in [1.82, 2.24) is 5.32 Å². The van der Waals surface area contributed by atoms with Gasteiger partial charge in [-0.3, -0.25) is 0 Å². The summed E-state index contributed by atoms with van der Waals surface area (Å²) in [7, 11) is 1.70. The van der Waals surface area contributed by atoms with Crippen LogP contribution in [0, 0.1) is 6.92 Å². The van der Waals surface area contributed by atoms with Gasteiger partial charge in [-0.1, -0.05) is 54.4 Å². The van der Waals surface area contributed by atoms with Gasteiger partial charge in [0, 0.05) is 10.6 Å². The molecule has 0 spiro atoms. The quantitative estimate of drug-likeness (QED) is 0.883. The molecule has 1 atom stereocenters. The summed E-state index contributed by atoms with van der Waals surface area (Å²) in [5, 5.41) is 4.26. The van der Waals surface area contributed by atoms with E-state index in [0.717, 1.165) is 28.4 Å². The van der Waals surface area contributed by atoms with Crippen molar-refractivity contribution in [1.29, 1.82) is 0 Å². The van der Waals surface area contributed by atoms with Gasteiger partial charge < -0.3 is 10.1 Å². The molecule has 1 unspecified atom stereocenters. The Balaban J connectivity index is 2.54. The van der Waals surface area contributed by atoms with Crippen LogP contribution >= 0.6 is 11.6 Å². The van der Waals surface area contributed by atoms with Gasteiger partial charge in [-0.15, -0.1) is 0 Å². The summed E-state index contributed by atoms with van der Waals surface area (Å²) in [5.74, 6) is 0.876. The molecule has 0 aliphatic heterocycles. The van der Waals surface area contributed by atoms with E-state index in [1.807, 2.05) is 24.3 Å². The van der Waals surface area contributed by atoms with Gasteiger partial charge in [-0.2, -0.15) is 0 Å². The van der Waals surface area contributed by atoms with Crippen LogP contribution in [0.2, 0.25) is 5.02 Å². The van der Waals surface area contributed by atoms with Gasteiger partial charge in [-0.25, -0.2) is 0 Å². The minimum atomic E-state index is 0.0311. The van der Waals surface area contributed by atoms with Crippen LogP contribution in [0.15, 0.2) is 42.5 Å². The minimum absolute atomic E-state index is 0.0311. The number of nitrogens with one attached hydrogen (secondary N) is 1. The molecule has 0 amide bonds. The Morgan fingerprint density at radius 2 is 1.90 bits per heavy atom. The molecule has 0 saturated carbocycles. The fourth-order valence-corrected chi connectivity index (χ4v) is 2.62. The van der Waals surface area contributed by atoms with Gasteiger partial charge in [0.2, 0.25) is 0 Å². The largest absolute Gasteiger partial charge is 0.496 e. The van der Waals surface area contributed by atoms with Crippen molar-refractivity contribution >= 4 is 11.6 Å². The highest BCUT2D eigenvalue weighted by Gasteiger charge is 2.19. The molecule has 3 heteroatoms. The molecule has 0 heterocycles. The normalized spacial score (nSPS) is 12.2. The van der Waals surface area contributed by atoms with E-state index in [2.05, 4.69) is 37.4 Å². The van der Waals surface area contributed by atoms with Crippen molar-refractivity contribution in [3.63, 3.8) is 0 Å². The van der Waals surface area contributed by atoms with Gasteiger partial charge in [0.15, 0.2) is 0 Å². The van der Waals surface area contributed by atoms with Crippen LogP contribution in [0.4, 0.5) is 0 Å². The van der Waals surface area contributed by atoms with Crippen molar-refractivity contribution in [3.05, 3.63) is 64.2 Å². The Labute approximate surface area is 125 Å². The standard InChI is InChI=1S/C17H20ClNO/c1-4-19-17(13-7-5-6-8-15(13)18)14-11-12(2)9-10-16(14)20-3/h5-11,17,19H,4H2,1-3H3. The maximum absolute atomic E-state index is 6.36. The lowest BCUT2D eigenvalue weighted by Crippen LogP contribution is -2.23. The zero-order valence-corrected chi connectivity index (χ0v) is 12.9. The summed E-state index contributed by atoms with van der Waals surface area (Å²) in [4.78, 5) is 0. The summed E-state index contributed by atoms with van der Waals surface area (Å²) >= 11 is 6.36. The first-order valence-corrected chi connectivity index (χ1v) is 7.17. The first-order chi connectivity index (χ1) is 9.67. The fourth-order valence-electron chi connectivity index (χ4n) is 2.38. The molecule has 1 N–H and O–H groups in total. The molecule has 2 rings (SSSR count). The molecule has 20 heavy (non-hydrogen) atoms. The molecule has 0 saturated heterocycles. The Morgan fingerprint density at radius 1 is 1.15 bits per heavy atom. The monoisotopic (exact) mass is 289 g/mol. The molecule has 0 radical (unpaired) electrons. The second-order valence-electron chi connectivity index (χ2n) is 4.76. The van der Waals surface area contributed by atoms with Crippen LogP contribution in [0.3, 0.4) is 0 Å². The summed E-state index contributed by atoms with van der Waals surface area (Å²) in [5.41, 5.74) is 3.39. The summed E-state index contributed by atoms with van der Waals surface area (Å²) in [6.45, 7) is 5.03. The number of halogens is 1. The molecule has 106 valence electrons. The molecule has 0 bridgehead atoms. The van der Waals surface area contributed by atoms with Gasteiger partial charge in [0.1, 0.15) is 5.75 Å². The number of aryl methyl sites for hydroxylation is 1. The summed E-state index contributed by atoms with van der Waals surface area (Å²) in [6.07, 6.45) is 0. The van der Waals surface area contributed by atoms with Gasteiger partial charge >= 0.3 is 0 Å². The average Bonchev–Trinajstić information content (AvgIpc) is 2.46. The molecule has 0 aliphatic rings. The number of ether oxygens (including phenoxy) is 1. The molecule has 2 aromatic carbocycles. The molecule has 0 fully saturated rings. The highest BCUT2D eigenvalue weighted by atomic mass is 35.5. The van der Waals surface area contributed by atoms with E-state index in [1.54, 1.807) is 7.11 Å². The Hall–Kier alpha value is -1.51. The molecular formula is C17H20ClNO. The van der Waals surface area contributed by atoms with Crippen molar-refractivity contribution in [3.8, 4) is 5.75 Å². The zero-order valence-electron chi connectivity index (χ0n) is 12.1. The van der Waals surface area contributed by atoms with E-state index in [1.165, 1.54) is 5.56 Å². The van der Waals surface area contributed by atoms with E-state index in [0.29, 0.717) is 0 Å². The SMILES string of the molecule is CCNC(c1ccccc1Cl)c1cc(C)ccc1OC. The fraction of sp³-hybridized carbons (Fsp3) is 0.294. The minimum Gasteiger partial charge on any atom is -0.496 e. The van der Waals surface area contributed by atoms with Gasteiger partial charge in [0.05, 0.1) is 13.2 Å². The van der Waals surface area contributed by atoms with Crippen LogP contribution in [-0.4, -0.2) is 13.7 Å². The van der Waals surface area contributed by atoms with Gasteiger partial charge in [0.25, 0.3) is 0 Å². The van der Waals surface area contributed by atoms with Crippen LogP contribution in [0.5, 0.6) is 5.75 Å². The predicted molar refractivity (Wildman–Crippen MR) is 84.7 cm³/mol. The number of benzene rings is 2. The van der Waals surface area contributed by atoms with E-state index in [4.69, 9.17) is 16.3 Å². The van der Waals surface area contributed by atoms with E-state index < -0.39 is 0 Å². The summed E-state index contributed by atoms with van der Waals surface area (Å²) in [6, 6.07) is 14.2. The third-order valence-corrected chi connectivity index (χ3v) is 3.66. The van der Waals surface area contributed by atoms with Crippen LogP contribution in [-0.2, 0) is 0 Å². The van der Waals surface area contributed by atoms with Gasteiger partial charge in [-0.05, 0) is 31.2 Å². The second-order valence-corrected chi connectivity index (χ2v) is 5.16. The number of methoxy groups -OCH3 is 1. The first-order valence-electron chi connectivity index (χ1n) is 6.79. The Kier molecular flexibility index (Phi) is 5.05. The maximum Gasteiger partial charge on any atom is 0.124 e. The molecule has 0 aromatic heterocycles. The van der Waals surface area contributed by atoms with Crippen molar-refractivity contribution in [2.24, 2.45) is 0 Å². The third-order valence-electron chi connectivity index (χ3n) is 3.32. The molecular weight excluding hydrogens is 270 g/mol. The number of hydrogen-bond donors (Lipinski definition) is 1. The number of rotatable bonds is 5. The Morgan fingerprint density at radius 3 is 2.55 bits per heavy atom. The average molecular weight is 290 g/mol.